The number of hydrogen-bond acceptors (Lipinski definition) is 6. The van der Waals surface area contributed by atoms with Gasteiger partial charge in [-0.3, -0.25) is 4.79 Å². The van der Waals surface area contributed by atoms with Crippen LogP contribution >= 0.6 is 12.4 Å². The van der Waals surface area contributed by atoms with Crippen molar-refractivity contribution >= 4 is 35.7 Å². The van der Waals surface area contributed by atoms with Crippen LogP contribution in [0.25, 0.3) is 0 Å². The molecule has 1 aliphatic heterocycles. The monoisotopic (exact) mass is 401 g/mol. The SMILES string of the molecule is CN(C)S(=O)(=O)N1CCC(C(N)(CCCCB(O)O)C(=O)O)CC1.Cl. The molecule has 1 aliphatic rings. The van der Waals surface area contributed by atoms with E-state index in [1.165, 1.54) is 18.4 Å². The average molecular weight is 402 g/mol. The number of carboxylic acids is 1. The largest absolute Gasteiger partial charge is 0.480 e. The molecule has 0 amide bonds. The molecule has 25 heavy (non-hydrogen) atoms. The third kappa shape index (κ3) is 6.35. The van der Waals surface area contributed by atoms with Gasteiger partial charge in [0.05, 0.1) is 0 Å². The van der Waals surface area contributed by atoms with Crippen LogP contribution in [0, 0.1) is 5.92 Å². The molecule has 0 aromatic rings. The zero-order valence-corrected chi connectivity index (χ0v) is 16.3. The number of piperidine rings is 1. The normalized spacial score (nSPS) is 19.3. The quantitative estimate of drug-likeness (QED) is 0.297. The molecule has 0 spiro atoms. The first-order valence-electron chi connectivity index (χ1n) is 8.08. The second-order valence-corrected chi connectivity index (χ2v) is 8.68. The minimum absolute atomic E-state index is 0. The van der Waals surface area contributed by atoms with E-state index in [1.807, 2.05) is 0 Å². The molecule has 1 rings (SSSR count). The smallest absolute Gasteiger partial charge is 0.451 e. The first-order valence-corrected chi connectivity index (χ1v) is 9.47. The molecule has 0 aromatic carbocycles. The molecule has 1 heterocycles. The number of carbonyl (C=O) groups is 1. The third-order valence-corrected chi connectivity index (χ3v) is 6.61. The van der Waals surface area contributed by atoms with E-state index >= 15 is 0 Å². The van der Waals surface area contributed by atoms with E-state index in [2.05, 4.69) is 0 Å². The van der Waals surface area contributed by atoms with E-state index in [4.69, 9.17) is 15.8 Å². The number of aliphatic carboxylic acids is 1. The predicted molar refractivity (Wildman–Crippen MR) is 97.6 cm³/mol. The molecule has 12 heteroatoms. The highest BCUT2D eigenvalue weighted by Gasteiger charge is 2.44. The van der Waals surface area contributed by atoms with Gasteiger partial charge >= 0.3 is 13.1 Å². The highest BCUT2D eigenvalue weighted by atomic mass is 35.5. The van der Waals surface area contributed by atoms with E-state index in [0.29, 0.717) is 25.7 Å². The van der Waals surface area contributed by atoms with Gasteiger partial charge in [-0.2, -0.15) is 17.0 Å². The fourth-order valence-corrected chi connectivity index (χ4v) is 4.20. The van der Waals surface area contributed by atoms with Crippen molar-refractivity contribution in [2.45, 2.75) is 44.0 Å². The molecule has 1 atom stereocenters. The highest BCUT2D eigenvalue weighted by Crippen LogP contribution is 2.32. The maximum Gasteiger partial charge on any atom is 0.451 e. The van der Waals surface area contributed by atoms with E-state index in [1.54, 1.807) is 0 Å². The second kappa shape index (κ2) is 10.1. The first-order chi connectivity index (χ1) is 11.0. The van der Waals surface area contributed by atoms with E-state index in [0.717, 1.165) is 4.31 Å². The van der Waals surface area contributed by atoms with Gasteiger partial charge in [0, 0.05) is 27.2 Å². The predicted octanol–water partition coefficient (Wildman–Crippen LogP) is -0.648. The maximum atomic E-state index is 12.1. The number of hydrogen-bond donors (Lipinski definition) is 4. The van der Waals surface area contributed by atoms with Crippen molar-refractivity contribution in [3.63, 3.8) is 0 Å². The fourth-order valence-electron chi connectivity index (χ4n) is 3.06. The van der Waals surface area contributed by atoms with Gasteiger partial charge in [0.2, 0.25) is 0 Å². The van der Waals surface area contributed by atoms with Gasteiger partial charge in [-0.15, -0.1) is 12.4 Å². The van der Waals surface area contributed by atoms with Crippen molar-refractivity contribution in [1.82, 2.24) is 8.61 Å². The summed E-state index contributed by atoms with van der Waals surface area (Å²) in [5.41, 5.74) is 4.72. The van der Waals surface area contributed by atoms with Crippen LogP contribution in [0.4, 0.5) is 0 Å². The third-order valence-electron chi connectivity index (χ3n) is 4.67. The molecular formula is C13H29BClN3O6S. The standard InChI is InChI=1S/C13H28BN3O6S.ClH/c1-16(2)24(22,23)17-9-5-11(6-10-17)13(15,12(18)19)7-3-4-8-14(20)21;/h11,20-21H,3-10,15H2,1-2H3,(H,18,19);1H. The van der Waals surface area contributed by atoms with E-state index in [-0.39, 0.29) is 44.2 Å². The van der Waals surface area contributed by atoms with E-state index < -0.39 is 28.8 Å². The first kappa shape index (κ1) is 24.6. The van der Waals surface area contributed by atoms with Gasteiger partial charge in [-0.05, 0) is 31.5 Å². The minimum atomic E-state index is -3.50. The minimum Gasteiger partial charge on any atom is -0.480 e. The Morgan fingerprint density at radius 3 is 2.20 bits per heavy atom. The van der Waals surface area contributed by atoms with Crippen molar-refractivity contribution in [2.75, 3.05) is 27.2 Å². The summed E-state index contributed by atoms with van der Waals surface area (Å²) in [4.78, 5) is 11.7. The Morgan fingerprint density at radius 2 is 1.80 bits per heavy atom. The van der Waals surface area contributed by atoms with Gasteiger partial charge < -0.3 is 20.9 Å². The lowest BCUT2D eigenvalue weighted by molar-refractivity contribution is -0.146. The van der Waals surface area contributed by atoms with Crippen LogP contribution < -0.4 is 5.73 Å². The van der Waals surface area contributed by atoms with Crippen LogP contribution in [0.2, 0.25) is 6.32 Å². The lowest BCUT2D eigenvalue weighted by atomic mass is 9.74. The van der Waals surface area contributed by atoms with Crippen LogP contribution in [0.3, 0.4) is 0 Å². The van der Waals surface area contributed by atoms with Crippen molar-refractivity contribution in [3.8, 4) is 0 Å². The van der Waals surface area contributed by atoms with Gasteiger partial charge in [0.1, 0.15) is 5.54 Å². The number of halogens is 1. The number of nitrogens with zero attached hydrogens (tertiary/aromatic N) is 2. The molecule has 0 bridgehead atoms. The molecule has 148 valence electrons. The highest BCUT2D eigenvalue weighted by molar-refractivity contribution is 7.86. The Balaban J connectivity index is 0.00000576. The second-order valence-electron chi connectivity index (χ2n) is 6.54. The topological polar surface area (TPSA) is 144 Å². The Bertz CT molecular complexity index is 528. The summed E-state index contributed by atoms with van der Waals surface area (Å²) in [5.74, 6) is -1.41. The Hall–Kier alpha value is -0.425. The molecule has 1 saturated heterocycles. The summed E-state index contributed by atoms with van der Waals surface area (Å²) in [6, 6.07) is 0. The Labute approximate surface area is 155 Å². The molecule has 9 nitrogen and oxygen atoms in total. The summed E-state index contributed by atoms with van der Waals surface area (Å²) in [5, 5.41) is 27.2. The van der Waals surface area contributed by atoms with Crippen LogP contribution in [-0.4, -0.2) is 78.0 Å². The summed E-state index contributed by atoms with van der Waals surface area (Å²) < 4.78 is 26.7. The van der Waals surface area contributed by atoms with Gasteiger partial charge in [0.15, 0.2) is 0 Å². The Morgan fingerprint density at radius 1 is 1.28 bits per heavy atom. The molecule has 0 aromatic heterocycles. The van der Waals surface area contributed by atoms with Crippen LogP contribution in [-0.2, 0) is 15.0 Å². The number of unbranched alkanes of at least 4 members (excludes halogenated alkanes) is 1. The molecular weight excluding hydrogens is 372 g/mol. The average Bonchev–Trinajstić information content (AvgIpc) is 2.50. The number of rotatable bonds is 9. The molecule has 0 saturated carbocycles. The van der Waals surface area contributed by atoms with Gasteiger partial charge in [-0.1, -0.05) is 12.8 Å². The van der Waals surface area contributed by atoms with Crippen molar-refractivity contribution in [1.29, 1.82) is 0 Å². The van der Waals surface area contributed by atoms with Crippen molar-refractivity contribution in [3.05, 3.63) is 0 Å². The summed E-state index contributed by atoms with van der Waals surface area (Å²) in [7, 11) is -1.98. The number of nitrogens with two attached hydrogens (primary N) is 1. The zero-order valence-electron chi connectivity index (χ0n) is 14.7. The molecule has 1 fully saturated rings. The van der Waals surface area contributed by atoms with E-state index in [9.17, 15) is 18.3 Å². The van der Waals surface area contributed by atoms with Crippen LogP contribution in [0.1, 0.15) is 32.1 Å². The molecule has 0 radical (unpaired) electrons. The summed E-state index contributed by atoms with van der Waals surface area (Å²) in [6.45, 7) is 0.486. The van der Waals surface area contributed by atoms with Gasteiger partial charge in [-0.25, -0.2) is 0 Å². The summed E-state index contributed by atoms with van der Waals surface area (Å²) >= 11 is 0. The lowest BCUT2D eigenvalue weighted by Gasteiger charge is -2.40. The van der Waals surface area contributed by atoms with Crippen molar-refractivity contribution < 1.29 is 28.4 Å². The lowest BCUT2D eigenvalue weighted by Crippen LogP contribution is -2.57. The molecule has 0 aliphatic carbocycles. The maximum absolute atomic E-state index is 12.1. The number of carboxylic acid groups (broad SMARTS) is 1. The fraction of sp³-hybridized carbons (Fsp3) is 0.923. The molecule has 5 N–H and O–H groups in total. The van der Waals surface area contributed by atoms with Gasteiger partial charge in [0.25, 0.3) is 10.2 Å². The Kier molecular flexibility index (Phi) is 9.88. The van der Waals surface area contributed by atoms with Crippen LogP contribution in [0.15, 0.2) is 0 Å². The van der Waals surface area contributed by atoms with Crippen LogP contribution in [0.5, 0.6) is 0 Å². The summed E-state index contributed by atoms with van der Waals surface area (Å²) in [6.07, 6.45) is 2.11. The zero-order chi connectivity index (χ0) is 18.5. The van der Waals surface area contributed by atoms with Crippen molar-refractivity contribution in [2.24, 2.45) is 11.7 Å². The molecule has 1 unspecified atom stereocenters.